The molecule has 0 spiro atoms. The number of hydrogen-bond donors (Lipinski definition) is 6. The Bertz CT molecular complexity index is 963. The Morgan fingerprint density at radius 3 is 2.37 bits per heavy atom. The maximum atomic E-state index is 11.9. The number of methoxy groups -OCH3 is 1. The lowest BCUT2D eigenvalue weighted by atomic mass is 10.1. The Hall–Kier alpha value is -1.03. The first-order valence-electron chi connectivity index (χ1n) is 7.63. The van der Waals surface area contributed by atoms with Gasteiger partial charge >= 0.3 is 29.2 Å². The molecule has 6 atom stereocenters. The fraction of sp³-hybridized carbons (Fsp3) is 0.600. The second-order valence-corrected chi connectivity index (χ2v) is 10.1. The number of phosphoric acid groups is 3. The lowest BCUT2D eigenvalue weighted by Gasteiger charge is -2.20. The van der Waals surface area contributed by atoms with Crippen LogP contribution < -0.4 is 11.4 Å². The zero-order chi connectivity index (χ0) is 22.9. The summed E-state index contributed by atoms with van der Waals surface area (Å²) in [4.78, 5) is 51.0. The minimum absolute atomic E-state index is 0.0868. The number of phosphoric ester groups is 1. The van der Waals surface area contributed by atoms with Crippen LogP contribution in [-0.2, 0) is 36.3 Å². The zero-order valence-electron chi connectivity index (χ0n) is 14.9. The van der Waals surface area contributed by atoms with Gasteiger partial charge in [-0.2, -0.15) is 13.6 Å². The van der Waals surface area contributed by atoms with Crippen LogP contribution in [0.3, 0.4) is 0 Å². The monoisotopic (exact) mass is 497 g/mol. The van der Waals surface area contributed by atoms with Gasteiger partial charge in [-0.15, -0.1) is 0 Å². The average molecular weight is 497 g/mol. The molecule has 1 aromatic heterocycles. The summed E-state index contributed by atoms with van der Waals surface area (Å²) in [7, 11) is -15.5. The van der Waals surface area contributed by atoms with Crippen LogP contribution in [-0.4, -0.2) is 66.3 Å². The number of aliphatic hydroxyl groups excluding tert-OH is 1. The van der Waals surface area contributed by atoms with Crippen LogP contribution in [0.15, 0.2) is 17.1 Å². The molecule has 1 aromatic rings. The minimum Gasteiger partial charge on any atom is -0.386 e. The van der Waals surface area contributed by atoms with Gasteiger partial charge in [-0.1, -0.05) is 0 Å². The van der Waals surface area contributed by atoms with Gasteiger partial charge in [0, 0.05) is 13.3 Å². The van der Waals surface area contributed by atoms with E-state index < -0.39 is 60.3 Å². The van der Waals surface area contributed by atoms with Crippen LogP contribution in [0.5, 0.6) is 0 Å². The van der Waals surface area contributed by atoms with E-state index in [1.807, 2.05) is 0 Å². The van der Waals surface area contributed by atoms with Gasteiger partial charge in [-0.25, -0.2) is 18.5 Å². The summed E-state index contributed by atoms with van der Waals surface area (Å²) >= 11 is 0. The number of hydrogen-bond acceptors (Lipinski definition) is 12. The van der Waals surface area contributed by atoms with E-state index in [0.717, 1.165) is 11.7 Å². The summed E-state index contributed by atoms with van der Waals surface area (Å²) in [6.07, 6.45) is -4.16. The molecule has 0 amide bonds. The molecule has 0 aromatic carbocycles. The van der Waals surface area contributed by atoms with Crippen molar-refractivity contribution in [2.24, 2.45) is 0 Å². The van der Waals surface area contributed by atoms with Gasteiger partial charge in [0.05, 0.1) is 6.61 Å². The van der Waals surface area contributed by atoms with Crippen molar-refractivity contribution in [3.8, 4) is 0 Å². The number of ether oxygens (including phenoxy) is 2. The smallest absolute Gasteiger partial charge is 0.386 e. The van der Waals surface area contributed by atoms with Gasteiger partial charge in [0.1, 0.15) is 24.1 Å². The molecule has 20 heteroatoms. The fourth-order valence-corrected chi connectivity index (χ4v) is 5.50. The molecule has 0 saturated carbocycles. The summed E-state index contributed by atoms with van der Waals surface area (Å²) in [5.41, 5.74) is 4.51. The minimum atomic E-state index is -5.69. The van der Waals surface area contributed by atoms with Crippen LogP contribution in [0.25, 0.3) is 0 Å². The van der Waals surface area contributed by atoms with E-state index in [4.69, 9.17) is 29.9 Å². The molecular weight excluding hydrogens is 479 g/mol. The third-order valence-corrected chi connectivity index (χ3v) is 7.33. The number of nitrogens with two attached hydrogens (primary N) is 1. The predicted octanol–water partition coefficient (Wildman–Crippen LogP) is -1.56. The lowest BCUT2D eigenvalue weighted by Crippen LogP contribution is -2.37. The molecule has 1 aliphatic heterocycles. The van der Waals surface area contributed by atoms with E-state index in [2.05, 4.69) is 18.1 Å². The standard InChI is InChI=1S/C10H18N3O14P3/c1-23-8-5(4-24-29(19,20)27-30(21,22)26-28(16,17)18)25-9(7(8)14)13-3-2-6(11)12-10(13)15/h2-3,5,7-9,14H,4H2,1H3,(H,19,20)(H,21,22)(H2,11,12,15)(H2,16,17,18)/t5-,7-,8-,9-/m1/s1. The van der Waals surface area contributed by atoms with Gasteiger partial charge < -0.3 is 39.9 Å². The largest absolute Gasteiger partial charge is 0.490 e. The van der Waals surface area contributed by atoms with Crippen LogP contribution in [0.4, 0.5) is 5.82 Å². The molecule has 2 unspecified atom stereocenters. The summed E-state index contributed by atoms with van der Waals surface area (Å²) < 4.78 is 56.6. The number of rotatable bonds is 9. The van der Waals surface area contributed by atoms with Gasteiger partial charge in [0.25, 0.3) is 0 Å². The van der Waals surface area contributed by atoms with Crippen molar-refractivity contribution in [3.63, 3.8) is 0 Å². The second kappa shape index (κ2) is 9.22. The third-order valence-electron chi connectivity index (χ3n) is 3.53. The first-order valence-corrected chi connectivity index (χ1v) is 12.2. The van der Waals surface area contributed by atoms with E-state index in [1.54, 1.807) is 0 Å². The highest BCUT2D eigenvalue weighted by molar-refractivity contribution is 7.66. The van der Waals surface area contributed by atoms with Crippen LogP contribution in [0.2, 0.25) is 0 Å². The highest BCUT2D eigenvalue weighted by Gasteiger charge is 2.47. The van der Waals surface area contributed by atoms with Gasteiger partial charge in [0.15, 0.2) is 6.23 Å². The highest BCUT2D eigenvalue weighted by Crippen LogP contribution is 2.66. The summed E-state index contributed by atoms with van der Waals surface area (Å²) in [6, 6.07) is 1.25. The average Bonchev–Trinajstić information content (AvgIpc) is 2.85. The van der Waals surface area contributed by atoms with Crippen molar-refractivity contribution in [1.29, 1.82) is 0 Å². The number of aliphatic hydroxyl groups is 1. The fourth-order valence-electron chi connectivity index (χ4n) is 2.47. The number of aromatic nitrogens is 2. The second-order valence-electron chi connectivity index (χ2n) is 5.69. The Balaban J connectivity index is 2.10. The van der Waals surface area contributed by atoms with Gasteiger partial charge in [-0.05, 0) is 6.07 Å². The first-order chi connectivity index (χ1) is 13.6. The van der Waals surface area contributed by atoms with Crippen LogP contribution >= 0.6 is 23.5 Å². The first kappa shape index (κ1) is 25.2. The Morgan fingerprint density at radius 2 is 1.83 bits per heavy atom. The molecule has 2 heterocycles. The van der Waals surface area contributed by atoms with Crippen molar-refractivity contribution in [2.45, 2.75) is 24.5 Å². The van der Waals surface area contributed by atoms with E-state index in [9.17, 15) is 28.5 Å². The topological polar surface area (TPSA) is 259 Å². The number of anilines is 1. The lowest BCUT2D eigenvalue weighted by molar-refractivity contribution is -0.0559. The van der Waals surface area contributed by atoms with Crippen LogP contribution in [0, 0.1) is 0 Å². The van der Waals surface area contributed by atoms with Crippen molar-refractivity contribution in [3.05, 3.63) is 22.7 Å². The predicted molar refractivity (Wildman–Crippen MR) is 93.4 cm³/mol. The number of nitrogens with zero attached hydrogens (tertiary/aromatic N) is 2. The van der Waals surface area contributed by atoms with Crippen LogP contribution in [0.1, 0.15) is 6.23 Å². The molecule has 1 saturated heterocycles. The van der Waals surface area contributed by atoms with E-state index in [1.165, 1.54) is 12.3 Å². The molecule has 17 nitrogen and oxygen atoms in total. The SMILES string of the molecule is CO[C@H]1[C@@H](O)[C@H](n2ccc(N)nc2=O)O[C@@H]1COP(=O)(O)OP(=O)(O)OP(=O)(O)O. The third kappa shape index (κ3) is 6.73. The quantitative estimate of drug-likeness (QED) is 0.211. The molecule has 7 N–H and O–H groups in total. The summed E-state index contributed by atoms with van der Waals surface area (Å²) in [6.45, 7) is -0.882. The molecule has 1 fully saturated rings. The Morgan fingerprint density at radius 1 is 1.20 bits per heavy atom. The Kier molecular flexibility index (Phi) is 7.76. The highest BCUT2D eigenvalue weighted by atomic mass is 31.3. The van der Waals surface area contributed by atoms with E-state index in [-0.39, 0.29) is 5.82 Å². The van der Waals surface area contributed by atoms with Gasteiger partial charge in [0.2, 0.25) is 0 Å². The Labute approximate surface area is 167 Å². The molecule has 0 aliphatic carbocycles. The molecule has 30 heavy (non-hydrogen) atoms. The molecule has 0 radical (unpaired) electrons. The van der Waals surface area contributed by atoms with E-state index in [0.29, 0.717) is 0 Å². The van der Waals surface area contributed by atoms with Crippen molar-refractivity contribution >= 4 is 29.3 Å². The summed E-state index contributed by atoms with van der Waals surface area (Å²) in [5.74, 6) is -0.0868. The molecule has 0 bridgehead atoms. The molecule has 172 valence electrons. The molecular formula is C10H18N3O14P3. The molecule has 1 aliphatic rings. The van der Waals surface area contributed by atoms with Crippen molar-refractivity contribution in [1.82, 2.24) is 9.55 Å². The number of nitrogen functional groups attached to an aromatic ring is 1. The maximum absolute atomic E-state index is 11.9. The summed E-state index contributed by atoms with van der Waals surface area (Å²) in [5, 5.41) is 10.3. The van der Waals surface area contributed by atoms with Gasteiger partial charge in [-0.3, -0.25) is 9.09 Å². The normalized spacial score (nSPS) is 28.7. The zero-order valence-corrected chi connectivity index (χ0v) is 17.6. The van der Waals surface area contributed by atoms with Crippen molar-refractivity contribution < 1.29 is 61.0 Å². The van der Waals surface area contributed by atoms with E-state index >= 15 is 0 Å². The molecule has 2 rings (SSSR count). The maximum Gasteiger partial charge on any atom is 0.490 e. The van der Waals surface area contributed by atoms with Crippen molar-refractivity contribution in [2.75, 3.05) is 19.5 Å².